The molecule has 1 fully saturated rings. The summed E-state index contributed by atoms with van der Waals surface area (Å²) in [4.78, 5) is 14.5. The molecule has 1 amide bonds. The molecule has 1 unspecified atom stereocenters. The quantitative estimate of drug-likeness (QED) is 0.884. The van der Waals surface area contributed by atoms with Crippen LogP contribution >= 0.6 is 0 Å². The fraction of sp³-hybridized carbons (Fsp3) is 0.714. The van der Waals surface area contributed by atoms with Gasteiger partial charge in [-0.1, -0.05) is 25.9 Å². The maximum atomic E-state index is 12.6. The van der Waals surface area contributed by atoms with Crippen molar-refractivity contribution in [3.05, 3.63) is 17.0 Å². The molecule has 106 valence electrons. The number of hydrogen-bond acceptors (Lipinski definition) is 4. The van der Waals surface area contributed by atoms with E-state index in [2.05, 4.69) is 19.0 Å². The summed E-state index contributed by atoms with van der Waals surface area (Å²) in [5.41, 5.74) is 7.44. The van der Waals surface area contributed by atoms with Gasteiger partial charge in [-0.2, -0.15) is 0 Å². The van der Waals surface area contributed by atoms with Crippen molar-refractivity contribution in [2.24, 2.45) is 11.1 Å². The summed E-state index contributed by atoms with van der Waals surface area (Å²) in [7, 11) is 0. The van der Waals surface area contributed by atoms with Gasteiger partial charge >= 0.3 is 0 Å². The molecule has 0 aliphatic carbocycles. The third kappa shape index (κ3) is 2.52. The Balaban J connectivity index is 2.23. The van der Waals surface area contributed by atoms with Crippen molar-refractivity contribution in [1.82, 2.24) is 10.1 Å². The van der Waals surface area contributed by atoms with E-state index < -0.39 is 0 Å². The number of piperidine rings is 1. The molecule has 0 aromatic carbocycles. The molecule has 1 aliphatic rings. The lowest BCUT2D eigenvalue weighted by Gasteiger charge is -2.42. The molecule has 1 aliphatic heterocycles. The van der Waals surface area contributed by atoms with Crippen molar-refractivity contribution in [2.75, 3.05) is 13.1 Å². The number of aromatic nitrogens is 1. The Morgan fingerprint density at radius 3 is 2.84 bits per heavy atom. The molecule has 1 atom stereocenters. The minimum atomic E-state index is -0.0502. The lowest BCUT2D eigenvalue weighted by Crippen LogP contribution is -2.54. The first kappa shape index (κ1) is 14.1. The van der Waals surface area contributed by atoms with Gasteiger partial charge in [0.1, 0.15) is 11.3 Å². The average molecular weight is 265 g/mol. The highest BCUT2D eigenvalue weighted by molar-refractivity contribution is 5.96. The first-order valence-corrected chi connectivity index (χ1v) is 6.86. The molecule has 1 aromatic heterocycles. The van der Waals surface area contributed by atoms with E-state index in [1.165, 1.54) is 0 Å². The van der Waals surface area contributed by atoms with E-state index in [4.69, 9.17) is 10.3 Å². The SMILES string of the molecule is CCc1noc(C)c1C(=O)N1CCC(N)C(C)(C)C1. The summed E-state index contributed by atoms with van der Waals surface area (Å²) in [6, 6.07) is 0.144. The number of aryl methyl sites for hydroxylation is 2. The summed E-state index contributed by atoms with van der Waals surface area (Å²) in [6.45, 7) is 9.37. The van der Waals surface area contributed by atoms with Gasteiger partial charge in [0, 0.05) is 19.1 Å². The second-order valence-corrected chi connectivity index (χ2v) is 6.02. The van der Waals surface area contributed by atoms with E-state index in [9.17, 15) is 4.79 Å². The number of nitrogens with two attached hydrogens (primary N) is 1. The topological polar surface area (TPSA) is 72.4 Å². The third-order valence-corrected chi connectivity index (χ3v) is 4.08. The summed E-state index contributed by atoms with van der Waals surface area (Å²) in [6.07, 6.45) is 1.54. The Morgan fingerprint density at radius 1 is 1.58 bits per heavy atom. The molecule has 5 nitrogen and oxygen atoms in total. The Bertz CT molecular complexity index is 479. The highest BCUT2D eigenvalue weighted by Crippen LogP contribution is 2.29. The molecule has 1 saturated heterocycles. The number of carbonyl (C=O) groups is 1. The fourth-order valence-electron chi connectivity index (χ4n) is 2.64. The number of nitrogens with zero attached hydrogens (tertiary/aromatic N) is 2. The smallest absolute Gasteiger partial charge is 0.259 e. The molecule has 0 bridgehead atoms. The van der Waals surface area contributed by atoms with Crippen molar-refractivity contribution in [3.8, 4) is 0 Å². The molecular weight excluding hydrogens is 242 g/mol. The molecule has 0 saturated carbocycles. The monoisotopic (exact) mass is 265 g/mol. The summed E-state index contributed by atoms with van der Waals surface area (Å²) in [5, 5.41) is 3.95. The minimum Gasteiger partial charge on any atom is -0.361 e. The minimum absolute atomic E-state index is 0.0237. The highest BCUT2D eigenvalue weighted by atomic mass is 16.5. The van der Waals surface area contributed by atoms with Crippen LogP contribution in [0.1, 0.15) is 49.0 Å². The van der Waals surface area contributed by atoms with Gasteiger partial charge in [0.25, 0.3) is 5.91 Å². The van der Waals surface area contributed by atoms with Crippen LogP contribution in [0.2, 0.25) is 0 Å². The van der Waals surface area contributed by atoms with E-state index in [0.29, 0.717) is 30.8 Å². The van der Waals surface area contributed by atoms with Crippen LogP contribution in [0.4, 0.5) is 0 Å². The Morgan fingerprint density at radius 2 is 2.26 bits per heavy atom. The first-order chi connectivity index (χ1) is 8.86. The highest BCUT2D eigenvalue weighted by Gasteiger charge is 2.37. The van der Waals surface area contributed by atoms with Gasteiger partial charge in [-0.25, -0.2) is 0 Å². The number of hydrogen-bond donors (Lipinski definition) is 1. The normalized spacial score (nSPS) is 22.6. The number of carbonyl (C=O) groups excluding carboxylic acids is 1. The number of likely N-dealkylation sites (tertiary alicyclic amines) is 1. The molecular formula is C14H23N3O2. The molecule has 2 heterocycles. The van der Waals surface area contributed by atoms with Gasteiger partial charge in [-0.3, -0.25) is 4.79 Å². The lowest BCUT2D eigenvalue weighted by atomic mass is 9.79. The first-order valence-electron chi connectivity index (χ1n) is 6.86. The van der Waals surface area contributed by atoms with E-state index in [-0.39, 0.29) is 17.4 Å². The van der Waals surface area contributed by atoms with Crippen LogP contribution < -0.4 is 5.73 Å². The van der Waals surface area contributed by atoms with Gasteiger partial charge < -0.3 is 15.2 Å². The Hall–Kier alpha value is -1.36. The fourth-order valence-corrected chi connectivity index (χ4v) is 2.64. The van der Waals surface area contributed by atoms with Gasteiger partial charge in [-0.05, 0) is 25.2 Å². The zero-order chi connectivity index (χ0) is 14.2. The van der Waals surface area contributed by atoms with E-state index in [1.54, 1.807) is 6.92 Å². The van der Waals surface area contributed by atoms with Gasteiger partial charge in [0.05, 0.1) is 5.69 Å². The maximum absolute atomic E-state index is 12.6. The lowest BCUT2D eigenvalue weighted by molar-refractivity contribution is 0.0530. The molecule has 1 aromatic rings. The van der Waals surface area contributed by atoms with Crippen LogP contribution in [0.3, 0.4) is 0 Å². The molecule has 5 heteroatoms. The van der Waals surface area contributed by atoms with Crippen molar-refractivity contribution in [2.45, 2.75) is 46.6 Å². The summed E-state index contributed by atoms with van der Waals surface area (Å²) < 4.78 is 5.15. The predicted octanol–water partition coefficient (Wildman–Crippen LogP) is 1.74. The summed E-state index contributed by atoms with van der Waals surface area (Å²) in [5.74, 6) is 0.630. The standard InChI is InChI=1S/C14H23N3O2/c1-5-10-12(9(2)19-16-10)13(18)17-7-6-11(15)14(3,4)8-17/h11H,5-8,15H2,1-4H3. The summed E-state index contributed by atoms with van der Waals surface area (Å²) >= 11 is 0. The molecule has 0 radical (unpaired) electrons. The van der Waals surface area contributed by atoms with Gasteiger partial charge in [-0.15, -0.1) is 0 Å². The maximum Gasteiger partial charge on any atom is 0.259 e. The van der Waals surface area contributed by atoms with E-state index in [1.807, 2.05) is 11.8 Å². The zero-order valence-electron chi connectivity index (χ0n) is 12.2. The zero-order valence-corrected chi connectivity index (χ0v) is 12.2. The third-order valence-electron chi connectivity index (χ3n) is 4.08. The van der Waals surface area contributed by atoms with E-state index >= 15 is 0 Å². The van der Waals surface area contributed by atoms with Crippen LogP contribution in [-0.2, 0) is 6.42 Å². The Labute approximate surface area is 114 Å². The van der Waals surface area contributed by atoms with Crippen LogP contribution in [0, 0.1) is 12.3 Å². The molecule has 19 heavy (non-hydrogen) atoms. The van der Waals surface area contributed by atoms with Crippen LogP contribution in [0.25, 0.3) is 0 Å². The van der Waals surface area contributed by atoms with Crippen molar-refractivity contribution < 1.29 is 9.32 Å². The van der Waals surface area contributed by atoms with Gasteiger partial charge in [0.15, 0.2) is 0 Å². The number of rotatable bonds is 2. The molecule has 2 rings (SSSR count). The second kappa shape index (κ2) is 4.96. The van der Waals surface area contributed by atoms with Crippen molar-refractivity contribution in [3.63, 3.8) is 0 Å². The second-order valence-electron chi connectivity index (χ2n) is 6.02. The Kier molecular flexibility index (Phi) is 3.67. The van der Waals surface area contributed by atoms with Crippen molar-refractivity contribution >= 4 is 5.91 Å². The van der Waals surface area contributed by atoms with E-state index in [0.717, 1.165) is 12.1 Å². The van der Waals surface area contributed by atoms with Crippen LogP contribution in [-0.4, -0.2) is 35.1 Å². The average Bonchev–Trinajstić information content (AvgIpc) is 2.73. The van der Waals surface area contributed by atoms with Crippen LogP contribution in [0.15, 0.2) is 4.52 Å². The van der Waals surface area contributed by atoms with Crippen LogP contribution in [0.5, 0.6) is 0 Å². The largest absolute Gasteiger partial charge is 0.361 e. The molecule has 2 N–H and O–H groups in total. The predicted molar refractivity (Wildman–Crippen MR) is 72.9 cm³/mol. The van der Waals surface area contributed by atoms with Crippen molar-refractivity contribution in [1.29, 1.82) is 0 Å². The number of amides is 1. The molecule has 0 spiro atoms. The van der Waals surface area contributed by atoms with Gasteiger partial charge in [0.2, 0.25) is 0 Å².